The van der Waals surface area contributed by atoms with Gasteiger partial charge < -0.3 is 16.0 Å². The smallest absolute Gasteiger partial charge is 0.246 e. The van der Waals surface area contributed by atoms with Crippen molar-refractivity contribution in [3.63, 3.8) is 0 Å². The lowest BCUT2D eigenvalue weighted by Gasteiger charge is -2.16. The summed E-state index contributed by atoms with van der Waals surface area (Å²) in [4.78, 5) is 23.3. The van der Waals surface area contributed by atoms with Gasteiger partial charge in [-0.15, -0.1) is 0 Å². The Balaban J connectivity index is 1.97. The molecular weight excluding hydrogens is 302 g/mol. The molecule has 0 spiro atoms. The number of nitrogens with one attached hydrogen (secondary N) is 3. The molecule has 0 aliphatic heterocycles. The second-order valence-electron chi connectivity index (χ2n) is 5.99. The summed E-state index contributed by atoms with van der Waals surface area (Å²) in [5, 5.41) is 8.76. The van der Waals surface area contributed by atoms with E-state index in [0.717, 1.165) is 16.8 Å². The number of benzene rings is 2. The van der Waals surface area contributed by atoms with Gasteiger partial charge in [-0.25, -0.2) is 0 Å². The minimum absolute atomic E-state index is 0.124. The van der Waals surface area contributed by atoms with Crippen LogP contribution in [0.1, 0.15) is 25.0 Å². The Morgan fingerprint density at radius 3 is 1.83 bits per heavy atom. The summed E-state index contributed by atoms with van der Waals surface area (Å²) >= 11 is 0. The third kappa shape index (κ3) is 5.12. The first kappa shape index (κ1) is 17.5. The molecule has 2 aromatic carbocycles. The highest BCUT2D eigenvalue weighted by Crippen LogP contribution is 2.16. The van der Waals surface area contributed by atoms with E-state index in [9.17, 15) is 9.59 Å². The van der Waals surface area contributed by atoms with Gasteiger partial charge >= 0.3 is 0 Å². The number of carbonyl (C=O) groups excluding carboxylic acids is 2. The third-order valence-corrected chi connectivity index (χ3v) is 3.47. The average Bonchev–Trinajstić information content (AvgIpc) is 2.47. The second-order valence-corrected chi connectivity index (χ2v) is 5.99. The number of rotatable bonds is 5. The Morgan fingerprint density at radius 1 is 0.833 bits per heavy atom. The van der Waals surface area contributed by atoms with Crippen molar-refractivity contribution < 1.29 is 9.59 Å². The van der Waals surface area contributed by atoms with Crippen molar-refractivity contribution in [2.45, 2.75) is 33.7 Å². The fourth-order valence-electron chi connectivity index (χ4n) is 2.46. The Kier molecular flexibility index (Phi) is 5.58. The largest absolute Gasteiger partial charge is 0.374 e. The zero-order valence-electron chi connectivity index (χ0n) is 14.4. The van der Waals surface area contributed by atoms with Gasteiger partial charge in [-0.3, -0.25) is 9.59 Å². The molecule has 0 radical (unpaired) electrons. The Bertz CT molecular complexity index is 719. The predicted octanol–water partition coefficient (Wildman–Crippen LogP) is 3.70. The summed E-state index contributed by atoms with van der Waals surface area (Å²) in [5.74, 6) is -0.250. The number of amides is 2. The van der Waals surface area contributed by atoms with E-state index in [-0.39, 0.29) is 17.9 Å². The van der Waals surface area contributed by atoms with Gasteiger partial charge in [-0.2, -0.15) is 0 Å². The summed E-state index contributed by atoms with van der Waals surface area (Å²) in [5.41, 5.74) is 4.61. The van der Waals surface area contributed by atoms with Crippen LogP contribution in [0.3, 0.4) is 0 Å². The van der Waals surface area contributed by atoms with Crippen LogP contribution in [0.4, 0.5) is 17.1 Å². The first-order chi connectivity index (χ1) is 11.3. The summed E-state index contributed by atoms with van der Waals surface area (Å²) in [6, 6.07) is 12.8. The molecule has 2 amide bonds. The quantitative estimate of drug-likeness (QED) is 0.785. The lowest BCUT2D eigenvalue weighted by atomic mass is 10.1. The highest BCUT2D eigenvalue weighted by Gasteiger charge is 2.13. The van der Waals surface area contributed by atoms with Gasteiger partial charge in [0.2, 0.25) is 11.8 Å². The van der Waals surface area contributed by atoms with Gasteiger partial charge in [-0.1, -0.05) is 6.07 Å². The monoisotopic (exact) mass is 325 g/mol. The van der Waals surface area contributed by atoms with Crippen LogP contribution in [0.15, 0.2) is 42.5 Å². The molecule has 0 heterocycles. The van der Waals surface area contributed by atoms with Crippen LogP contribution in [0.2, 0.25) is 0 Å². The number of hydrogen-bond donors (Lipinski definition) is 3. The molecule has 5 heteroatoms. The van der Waals surface area contributed by atoms with Crippen molar-refractivity contribution >= 4 is 28.9 Å². The van der Waals surface area contributed by atoms with Crippen molar-refractivity contribution in [3.05, 3.63) is 53.6 Å². The molecule has 2 aromatic rings. The van der Waals surface area contributed by atoms with Crippen molar-refractivity contribution in [2.24, 2.45) is 0 Å². The van der Waals surface area contributed by atoms with Crippen molar-refractivity contribution in [3.8, 4) is 0 Å². The number of anilines is 3. The van der Waals surface area contributed by atoms with Crippen molar-refractivity contribution in [1.29, 1.82) is 0 Å². The molecule has 0 aromatic heterocycles. The van der Waals surface area contributed by atoms with Gasteiger partial charge in [-0.05, 0) is 68.3 Å². The molecule has 0 fully saturated rings. The minimum Gasteiger partial charge on any atom is -0.374 e. The van der Waals surface area contributed by atoms with E-state index in [0.29, 0.717) is 11.4 Å². The molecule has 0 bridgehead atoms. The fourth-order valence-corrected chi connectivity index (χ4v) is 2.46. The van der Waals surface area contributed by atoms with E-state index < -0.39 is 0 Å². The molecule has 5 nitrogen and oxygen atoms in total. The number of hydrogen-bond acceptors (Lipinski definition) is 3. The standard InChI is InChI=1S/C19H23N3O2/c1-12-9-13(2)11-18(10-12)20-14(3)19(24)22-17-7-5-16(6-8-17)21-15(4)23/h5-11,14,20H,1-4H3,(H,21,23)(H,22,24). The third-order valence-electron chi connectivity index (χ3n) is 3.47. The number of aryl methyl sites for hydroxylation is 2. The summed E-state index contributed by atoms with van der Waals surface area (Å²) in [6.07, 6.45) is 0. The second kappa shape index (κ2) is 7.64. The van der Waals surface area contributed by atoms with Crippen LogP contribution in [0.25, 0.3) is 0 Å². The van der Waals surface area contributed by atoms with E-state index in [1.165, 1.54) is 6.92 Å². The summed E-state index contributed by atoms with van der Waals surface area (Å²) in [7, 11) is 0. The molecule has 1 atom stereocenters. The normalized spacial score (nSPS) is 11.5. The fraction of sp³-hybridized carbons (Fsp3) is 0.263. The van der Waals surface area contributed by atoms with E-state index in [2.05, 4.69) is 22.0 Å². The summed E-state index contributed by atoms with van der Waals surface area (Å²) < 4.78 is 0. The predicted molar refractivity (Wildman–Crippen MR) is 98.4 cm³/mol. The Morgan fingerprint density at radius 2 is 1.33 bits per heavy atom. The van der Waals surface area contributed by atoms with E-state index in [1.54, 1.807) is 24.3 Å². The molecule has 0 aliphatic rings. The van der Waals surface area contributed by atoms with E-state index >= 15 is 0 Å². The number of carbonyl (C=O) groups is 2. The van der Waals surface area contributed by atoms with Crippen LogP contribution in [0, 0.1) is 13.8 Å². The zero-order valence-corrected chi connectivity index (χ0v) is 14.4. The summed E-state index contributed by atoms with van der Waals surface area (Å²) in [6.45, 7) is 7.33. The van der Waals surface area contributed by atoms with Gasteiger partial charge in [0, 0.05) is 24.0 Å². The van der Waals surface area contributed by atoms with Crippen LogP contribution >= 0.6 is 0 Å². The van der Waals surface area contributed by atoms with Crippen LogP contribution in [0.5, 0.6) is 0 Å². The van der Waals surface area contributed by atoms with E-state index in [1.807, 2.05) is 32.9 Å². The van der Waals surface area contributed by atoms with Gasteiger partial charge in [0.15, 0.2) is 0 Å². The molecule has 0 aliphatic carbocycles. The highest BCUT2D eigenvalue weighted by molar-refractivity contribution is 5.96. The minimum atomic E-state index is -0.374. The van der Waals surface area contributed by atoms with Crippen LogP contribution in [-0.2, 0) is 9.59 Å². The van der Waals surface area contributed by atoms with Crippen molar-refractivity contribution in [2.75, 3.05) is 16.0 Å². The first-order valence-corrected chi connectivity index (χ1v) is 7.87. The molecule has 2 rings (SSSR count). The molecule has 0 saturated carbocycles. The Labute approximate surface area is 142 Å². The Hall–Kier alpha value is -2.82. The van der Waals surface area contributed by atoms with Crippen LogP contribution < -0.4 is 16.0 Å². The lowest BCUT2D eigenvalue weighted by molar-refractivity contribution is -0.116. The first-order valence-electron chi connectivity index (χ1n) is 7.87. The SMILES string of the molecule is CC(=O)Nc1ccc(NC(=O)C(C)Nc2cc(C)cc(C)c2)cc1. The molecular formula is C19H23N3O2. The van der Waals surface area contributed by atoms with Crippen LogP contribution in [-0.4, -0.2) is 17.9 Å². The highest BCUT2D eigenvalue weighted by atomic mass is 16.2. The topological polar surface area (TPSA) is 70.2 Å². The maximum absolute atomic E-state index is 12.3. The zero-order chi connectivity index (χ0) is 17.7. The van der Waals surface area contributed by atoms with Gasteiger partial charge in [0.05, 0.1) is 0 Å². The van der Waals surface area contributed by atoms with Gasteiger partial charge in [0.1, 0.15) is 6.04 Å². The maximum Gasteiger partial charge on any atom is 0.246 e. The molecule has 126 valence electrons. The van der Waals surface area contributed by atoms with E-state index in [4.69, 9.17) is 0 Å². The van der Waals surface area contributed by atoms with Crippen molar-refractivity contribution in [1.82, 2.24) is 0 Å². The maximum atomic E-state index is 12.3. The molecule has 3 N–H and O–H groups in total. The average molecular weight is 325 g/mol. The molecule has 0 saturated heterocycles. The molecule has 1 unspecified atom stereocenters. The van der Waals surface area contributed by atoms with Gasteiger partial charge in [0.25, 0.3) is 0 Å². The lowest BCUT2D eigenvalue weighted by Crippen LogP contribution is -2.31. The molecule has 24 heavy (non-hydrogen) atoms.